The fourth-order valence-electron chi connectivity index (χ4n) is 2.92. The van der Waals surface area contributed by atoms with Crippen molar-refractivity contribution in [1.82, 2.24) is 0 Å². The van der Waals surface area contributed by atoms with E-state index in [-0.39, 0.29) is 0 Å². The van der Waals surface area contributed by atoms with E-state index in [0.29, 0.717) is 5.92 Å². The third-order valence-electron chi connectivity index (χ3n) is 4.68. The summed E-state index contributed by atoms with van der Waals surface area (Å²) in [5.74, 6) is 1.48. The summed E-state index contributed by atoms with van der Waals surface area (Å²) in [7, 11) is 1.65. The summed E-state index contributed by atoms with van der Waals surface area (Å²) in [5.41, 5.74) is 2.21. The smallest absolute Gasteiger partial charge is 0.118 e. The van der Waals surface area contributed by atoms with E-state index in [1.54, 1.807) is 7.11 Å². The predicted molar refractivity (Wildman–Crippen MR) is 84.7 cm³/mol. The van der Waals surface area contributed by atoms with Crippen LogP contribution < -0.4 is 4.74 Å². The van der Waals surface area contributed by atoms with Crippen molar-refractivity contribution in [1.29, 1.82) is 0 Å². The second kappa shape index (κ2) is 5.53. The molecule has 0 aliphatic heterocycles. The topological polar surface area (TPSA) is 29.5 Å². The van der Waals surface area contributed by atoms with E-state index in [0.717, 1.165) is 16.9 Å². The first-order valence-corrected chi connectivity index (χ1v) is 7.58. The van der Waals surface area contributed by atoms with Gasteiger partial charge >= 0.3 is 0 Å². The lowest BCUT2D eigenvalue weighted by atomic mass is 9.78. The molecule has 21 heavy (non-hydrogen) atoms. The predicted octanol–water partition coefficient (Wildman–Crippen LogP) is 4.22. The van der Waals surface area contributed by atoms with Crippen LogP contribution in [0.5, 0.6) is 5.75 Å². The molecule has 1 aliphatic rings. The van der Waals surface area contributed by atoms with E-state index >= 15 is 0 Å². The SMILES string of the molecule is COc1ccc(C(C)(O)c2cccc(C3CCC3)c2)cc1. The van der Waals surface area contributed by atoms with Crippen molar-refractivity contribution in [3.05, 3.63) is 65.2 Å². The van der Waals surface area contributed by atoms with E-state index in [9.17, 15) is 5.11 Å². The molecule has 3 rings (SSSR count). The molecule has 1 fully saturated rings. The molecule has 1 atom stereocenters. The van der Waals surface area contributed by atoms with E-state index < -0.39 is 5.60 Å². The Balaban J connectivity index is 1.92. The first-order chi connectivity index (χ1) is 10.1. The van der Waals surface area contributed by atoms with Gasteiger partial charge in [-0.1, -0.05) is 42.8 Å². The highest BCUT2D eigenvalue weighted by Gasteiger charge is 2.27. The summed E-state index contributed by atoms with van der Waals surface area (Å²) in [6, 6.07) is 16.0. The molecular formula is C19H22O2. The van der Waals surface area contributed by atoms with Crippen LogP contribution in [0.25, 0.3) is 0 Å². The standard InChI is InChI=1S/C19H22O2/c1-19(20,16-9-11-18(21-2)12-10-16)17-8-4-7-15(13-17)14-5-3-6-14/h4,7-14,20H,3,5-6H2,1-2H3. The minimum Gasteiger partial charge on any atom is -0.497 e. The highest BCUT2D eigenvalue weighted by molar-refractivity contribution is 5.40. The Morgan fingerprint density at radius 1 is 1.05 bits per heavy atom. The molecule has 1 saturated carbocycles. The Hall–Kier alpha value is -1.80. The normalized spacial score (nSPS) is 17.9. The van der Waals surface area contributed by atoms with Gasteiger partial charge in [-0.2, -0.15) is 0 Å². The van der Waals surface area contributed by atoms with Crippen LogP contribution in [0.15, 0.2) is 48.5 Å². The number of rotatable bonds is 4. The van der Waals surface area contributed by atoms with Gasteiger partial charge in [0.05, 0.1) is 7.11 Å². The summed E-state index contributed by atoms with van der Waals surface area (Å²) >= 11 is 0. The van der Waals surface area contributed by atoms with Gasteiger partial charge in [-0.05, 0) is 54.5 Å². The zero-order valence-corrected chi connectivity index (χ0v) is 12.7. The Kier molecular flexibility index (Phi) is 3.73. The minimum absolute atomic E-state index is 0.677. The molecule has 0 spiro atoms. The molecule has 1 aliphatic carbocycles. The fraction of sp³-hybridized carbons (Fsp3) is 0.368. The molecule has 110 valence electrons. The van der Waals surface area contributed by atoms with E-state index in [1.807, 2.05) is 37.3 Å². The number of ether oxygens (including phenoxy) is 1. The maximum absolute atomic E-state index is 11.0. The zero-order valence-electron chi connectivity index (χ0n) is 12.7. The van der Waals surface area contributed by atoms with Crippen molar-refractivity contribution in [3.63, 3.8) is 0 Å². The average molecular weight is 282 g/mol. The molecule has 2 heteroatoms. The molecule has 0 radical (unpaired) electrons. The lowest BCUT2D eigenvalue weighted by Gasteiger charge is -2.29. The fourth-order valence-corrected chi connectivity index (χ4v) is 2.92. The lowest BCUT2D eigenvalue weighted by Crippen LogP contribution is -2.23. The lowest BCUT2D eigenvalue weighted by molar-refractivity contribution is 0.102. The second-order valence-corrected chi connectivity index (χ2v) is 6.05. The van der Waals surface area contributed by atoms with Gasteiger partial charge in [-0.25, -0.2) is 0 Å². The van der Waals surface area contributed by atoms with Gasteiger partial charge in [0.15, 0.2) is 0 Å². The molecule has 0 heterocycles. The highest BCUT2D eigenvalue weighted by Crippen LogP contribution is 2.38. The summed E-state index contributed by atoms with van der Waals surface area (Å²) in [6.45, 7) is 1.86. The maximum Gasteiger partial charge on any atom is 0.118 e. The van der Waals surface area contributed by atoms with Crippen LogP contribution in [0.1, 0.15) is 48.8 Å². The Labute approximate surface area is 126 Å². The number of aliphatic hydroxyl groups is 1. The van der Waals surface area contributed by atoms with Gasteiger partial charge in [-0.3, -0.25) is 0 Å². The quantitative estimate of drug-likeness (QED) is 0.910. The van der Waals surface area contributed by atoms with Crippen molar-refractivity contribution in [2.24, 2.45) is 0 Å². The highest BCUT2D eigenvalue weighted by atomic mass is 16.5. The van der Waals surface area contributed by atoms with Crippen molar-refractivity contribution >= 4 is 0 Å². The third-order valence-corrected chi connectivity index (χ3v) is 4.68. The summed E-state index contributed by atoms with van der Waals surface area (Å²) in [5, 5.41) is 11.0. The molecule has 0 aromatic heterocycles. The molecule has 0 amide bonds. The molecule has 2 aromatic rings. The number of methoxy groups -OCH3 is 1. The van der Waals surface area contributed by atoms with Crippen LogP contribution in [0.3, 0.4) is 0 Å². The van der Waals surface area contributed by atoms with Crippen molar-refractivity contribution in [2.45, 2.75) is 37.7 Å². The number of hydrogen-bond acceptors (Lipinski definition) is 2. The van der Waals surface area contributed by atoms with E-state index in [4.69, 9.17) is 4.74 Å². The zero-order chi connectivity index (χ0) is 14.9. The Morgan fingerprint density at radius 2 is 1.76 bits per heavy atom. The first-order valence-electron chi connectivity index (χ1n) is 7.58. The first kappa shape index (κ1) is 14.2. The molecule has 2 nitrogen and oxygen atoms in total. The third kappa shape index (κ3) is 2.68. The number of benzene rings is 2. The van der Waals surface area contributed by atoms with E-state index in [1.165, 1.54) is 24.8 Å². The van der Waals surface area contributed by atoms with E-state index in [2.05, 4.69) is 18.2 Å². The summed E-state index contributed by atoms with van der Waals surface area (Å²) in [6.07, 6.45) is 3.87. The second-order valence-electron chi connectivity index (χ2n) is 6.05. The molecule has 2 aromatic carbocycles. The molecular weight excluding hydrogens is 260 g/mol. The van der Waals surface area contributed by atoms with Crippen LogP contribution in [-0.4, -0.2) is 12.2 Å². The average Bonchev–Trinajstić information content (AvgIpc) is 2.46. The van der Waals surface area contributed by atoms with Gasteiger partial charge in [0.2, 0.25) is 0 Å². The minimum atomic E-state index is -0.980. The molecule has 1 unspecified atom stereocenters. The Bertz CT molecular complexity index is 610. The largest absolute Gasteiger partial charge is 0.497 e. The van der Waals surface area contributed by atoms with Crippen molar-refractivity contribution in [3.8, 4) is 5.75 Å². The monoisotopic (exact) mass is 282 g/mol. The van der Waals surface area contributed by atoms with Crippen LogP contribution in [0.2, 0.25) is 0 Å². The van der Waals surface area contributed by atoms with Gasteiger partial charge in [0, 0.05) is 0 Å². The van der Waals surface area contributed by atoms with Crippen LogP contribution in [-0.2, 0) is 5.60 Å². The Morgan fingerprint density at radius 3 is 2.33 bits per heavy atom. The number of hydrogen-bond donors (Lipinski definition) is 1. The van der Waals surface area contributed by atoms with Crippen LogP contribution in [0, 0.1) is 0 Å². The molecule has 0 bridgehead atoms. The van der Waals surface area contributed by atoms with Crippen molar-refractivity contribution in [2.75, 3.05) is 7.11 Å². The molecule has 0 saturated heterocycles. The van der Waals surface area contributed by atoms with Gasteiger partial charge in [0.25, 0.3) is 0 Å². The maximum atomic E-state index is 11.0. The van der Waals surface area contributed by atoms with Gasteiger partial charge < -0.3 is 9.84 Å². The van der Waals surface area contributed by atoms with Gasteiger partial charge in [0.1, 0.15) is 11.4 Å². The van der Waals surface area contributed by atoms with Crippen LogP contribution in [0.4, 0.5) is 0 Å². The summed E-state index contributed by atoms with van der Waals surface area (Å²) in [4.78, 5) is 0. The van der Waals surface area contributed by atoms with Crippen molar-refractivity contribution < 1.29 is 9.84 Å². The summed E-state index contributed by atoms with van der Waals surface area (Å²) < 4.78 is 5.18. The molecule has 1 N–H and O–H groups in total. The van der Waals surface area contributed by atoms with Gasteiger partial charge in [-0.15, -0.1) is 0 Å². The van der Waals surface area contributed by atoms with Crippen LogP contribution >= 0.6 is 0 Å².